The van der Waals surface area contributed by atoms with E-state index < -0.39 is 0 Å². The highest BCUT2D eigenvalue weighted by Gasteiger charge is 2.03. The predicted molar refractivity (Wildman–Crippen MR) is 52.6 cm³/mol. The van der Waals surface area contributed by atoms with Crippen LogP contribution < -0.4 is 0 Å². The lowest BCUT2D eigenvalue weighted by molar-refractivity contribution is -0.117. The Morgan fingerprint density at radius 2 is 2.21 bits per heavy atom. The van der Waals surface area contributed by atoms with Crippen molar-refractivity contribution in [3.63, 3.8) is 0 Å². The van der Waals surface area contributed by atoms with Crippen molar-refractivity contribution in [3.8, 4) is 0 Å². The van der Waals surface area contributed by atoms with Crippen LogP contribution >= 0.6 is 0 Å². The third-order valence-corrected chi connectivity index (χ3v) is 2.13. The van der Waals surface area contributed by atoms with E-state index in [0.717, 1.165) is 10.9 Å². The van der Waals surface area contributed by atoms with E-state index in [1.807, 2.05) is 6.07 Å². The lowest BCUT2D eigenvalue weighted by atomic mass is 10.2. The first-order valence-electron chi connectivity index (χ1n) is 4.40. The third kappa shape index (κ3) is 1.53. The van der Waals surface area contributed by atoms with Crippen LogP contribution in [-0.2, 0) is 11.3 Å². The Kier molecular flexibility index (Phi) is 2.08. The molecular weight excluding hydrogens is 181 g/mol. The molecule has 2 aromatic rings. The Labute approximate surface area is 81.0 Å². The van der Waals surface area contributed by atoms with Crippen LogP contribution in [0.25, 0.3) is 10.9 Å². The van der Waals surface area contributed by atoms with Crippen molar-refractivity contribution >= 4 is 16.7 Å². The van der Waals surface area contributed by atoms with Crippen molar-refractivity contribution in [2.75, 3.05) is 0 Å². The fourth-order valence-corrected chi connectivity index (χ4v) is 1.53. The second-order valence-corrected chi connectivity index (χ2v) is 3.35. The number of hydrogen-bond acceptors (Lipinski definition) is 1. The monoisotopic (exact) mass is 191 g/mol. The van der Waals surface area contributed by atoms with Gasteiger partial charge >= 0.3 is 0 Å². The molecule has 0 radical (unpaired) electrons. The van der Waals surface area contributed by atoms with Gasteiger partial charge in [-0.05, 0) is 36.6 Å². The minimum Gasteiger partial charge on any atom is -0.340 e. The van der Waals surface area contributed by atoms with Crippen molar-refractivity contribution in [1.82, 2.24) is 4.57 Å². The minimum absolute atomic E-state index is 0.0618. The lowest BCUT2D eigenvalue weighted by Gasteiger charge is -2.01. The van der Waals surface area contributed by atoms with Crippen molar-refractivity contribution in [3.05, 3.63) is 36.3 Å². The lowest BCUT2D eigenvalue weighted by Crippen LogP contribution is -2.04. The molecule has 0 bridgehead atoms. The third-order valence-electron chi connectivity index (χ3n) is 2.13. The molecule has 0 atom stereocenters. The summed E-state index contributed by atoms with van der Waals surface area (Å²) in [4.78, 5) is 10.9. The van der Waals surface area contributed by atoms with Gasteiger partial charge in [0.1, 0.15) is 11.6 Å². The Morgan fingerprint density at radius 3 is 2.93 bits per heavy atom. The van der Waals surface area contributed by atoms with Crippen LogP contribution in [0.5, 0.6) is 0 Å². The maximum atomic E-state index is 12.9. The van der Waals surface area contributed by atoms with Crippen LogP contribution in [0.1, 0.15) is 6.92 Å². The van der Waals surface area contributed by atoms with Gasteiger partial charge in [0.15, 0.2) is 0 Å². The van der Waals surface area contributed by atoms with Gasteiger partial charge in [-0.3, -0.25) is 4.79 Å². The maximum absolute atomic E-state index is 12.9. The number of carbonyl (C=O) groups excluding carboxylic acids is 1. The van der Waals surface area contributed by atoms with E-state index in [1.165, 1.54) is 19.1 Å². The molecule has 0 saturated carbocycles. The summed E-state index contributed by atoms with van der Waals surface area (Å²) >= 11 is 0. The van der Waals surface area contributed by atoms with Crippen LogP contribution in [0.4, 0.5) is 4.39 Å². The second kappa shape index (κ2) is 3.25. The van der Waals surface area contributed by atoms with Gasteiger partial charge < -0.3 is 4.57 Å². The molecule has 1 aromatic heterocycles. The average molecular weight is 191 g/mol. The van der Waals surface area contributed by atoms with Crippen LogP contribution in [0.2, 0.25) is 0 Å². The topological polar surface area (TPSA) is 22.0 Å². The van der Waals surface area contributed by atoms with Crippen molar-refractivity contribution in [1.29, 1.82) is 0 Å². The molecule has 0 fully saturated rings. The van der Waals surface area contributed by atoms with Crippen LogP contribution in [0.3, 0.4) is 0 Å². The van der Waals surface area contributed by atoms with Gasteiger partial charge in [0.25, 0.3) is 0 Å². The summed E-state index contributed by atoms with van der Waals surface area (Å²) in [6, 6.07) is 6.44. The number of Topliss-reactive ketones (excluding diaryl/α,β-unsaturated/α-hetero) is 1. The number of carbonyl (C=O) groups is 1. The number of ketones is 1. The summed E-state index contributed by atoms with van der Waals surface area (Å²) in [6.45, 7) is 1.82. The maximum Gasteiger partial charge on any atom is 0.149 e. The molecule has 0 spiro atoms. The number of halogens is 1. The summed E-state index contributed by atoms with van der Waals surface area (Å²) in [5.41, 5.74) is 0.764. The fraction of sp³-hybridized carbons (Fsp3) is 0.182. The highest BCUT2D eigenvalue weighted by atomic mass is 19.1. The fourth-order valence-electron chi connectivity index (χ4n) is 1.53. The number of aromatic nitrogens is 1. The summed E-state index contributed by atoms with van der Waals surface area (Å²) in [7, 11) is 0. The quantitative estimate of drug-likeness (QED) is 0.714. The molecule has 0 aliphatic rings. The second-order valence-electron chi connectivity index (χ2n) is 3.35. The molecule has 14 heavy (non-hydrogen) atoms. The number of nitrogens with zero attached hydrogens (tertiary/aromatic N) is 1. The molecule has 0 N–H and O–H groups in total. The molecule has 1 aromatic carbocycles. The molecule has 2 nitrogen and oxygen atoms in total. The zero-order valence-corrected chi connectivity index (χ0v) is 7.83. The number of rotatable bonds is 2. The van der Waals surface area contributed by atoms with Crippen molar-refractivity contribution in [2.24, 2.45) is 0 Å². The van der Waals surface area contributed by atoms with Gasteiger partial charge in [-0.25, -0.2) is 4.39 Å². The molecule has 0 saturated heterocycles. The first-order chi connectivity index (χ1) is 6.66. The molecule has 0 aliphatic carbocycles. The Bertz CT molecular complexity index is 487. The minimum atomic E-state index is -0.277. The highest BCUT2D eigenvalue weighted by molar-refractivity contribution is 5.83. The van der Waals surface area contributed by atoms with E-state index in [9.17, 15) is 9.18 Å². The van der Waals surface area contributed by atoms with Gasteiger partial charge in [0, 0.05) is 6.20 Å². The van der Waals surface area contributed by atoms with E-state index in [4.69, 9.17) is 0 Å². The van der Waals surface area contributed by atoms with Gasteiger partial charge in [-0.2, -0.15) is 0 Å². The summed E-state index contributed by atoms with van der Waals surface area (Å²) < 4.78 is 14.7. The zero-order chi connectivity index (χ0) is 10.1. The van der Waals surface area contributed by atoms with E-state index >= 15 is 0 Å². The van der Waals surface area contributed by atoms with Crippen LogP contribution in [-0.4, -0.2) is 10.4 Å². The summed E-state index contributed by atoms with van der Waals surface area (Å²) in [5.74, 6) is -0.215. The predicted octanol–water partition coefficient (Wildman–Crippen LogP) is 2.37. The van der Waals surface area contributed by atoms with E-state index in [1.54, 1.807) is 16.8 Å². The molecule has 0 amide bonds. The first-order valence-corrected chi connectivity index (χ1v) is 4.40. The van der Waals surface area contributed by atoms with E-state index in [2.05, 4.69) is 0 Å². The number of hydrogen-bond donors (Lipinski definition) is 0. The average Bonchev–Trinajstić information content (AvgIpc) is 2.47. The standard InChI is InChI=1S/C11H10FNO/c1-8(14)7-13-5-4-9-2-3-10(12)6-11(9)13/h2-6H,7H2,1H3. The van der Waals surface area contributed by atoms with Gasteiger partial charge in [0.2, 0.25) is 0 Å². The number of fused-ring (bicyclic) bond motifs is 1. The number of benzene rings is 1. The van der Waals surface area contributed by atoms with Crippen molar-refractivity contribution in [2.45, 2.75) is 13.5 Å². The highest BCUT2D eigenvalue weighted by Crippen LogP contribution is 2.16. The zero-order valence-electron chi connectivity index (χ0n) is 7.83. The largest absolute Gasteiger partial charge is 0.340 e. The van der Waals surface area contributed by atoms with Crippen LogP contribution in [0, 0.1) is 5.82 Å². The summed E-state index contributed by atoms with van der Waals surface area (Å²) in [6.07, 6.45) is 1.80. The SMILES string of the molecule is CC(=O)Cn1ccc2ccc(F)cc21. The molecule has 2 rings (SSSR count). The molecule has 3 heteroatoms. The van der Waals surface area contributed by atoms with E-state index in [-0.39, 0.29) is 11.6 Å². The molecule has 0 unspecified atom stereocenters. The van der Waals surface area contributed by atoms with E-state index in [0.29, 0.717) is 6.54 Å². The van der Waals surface area contributed by atoms with Gasteiger partial charge in [0.05, 0.1) is 12.1 Å². The molecule has 72 valence electrons. The first kappa shape index (κ1) is 8.94. The smallest absolute Gasteiger partial charge is 0.149 e. The normalized spacial score (nSPS) is 10.7. The van der Waals surface area contributed by atoms with Crippen LogP contribution in [0.15, 0.2) is 30.5 Å². The summed E-state index contributed by atoms with van der Waals surface area (Å²) in [5, 5.41) is 0.952. The van der Waals surface area contributed by atoms with Gasteiger partial charge in [-0.15, -0.1) is 0 Å². The molecule has 1 heterocycles. The Hall–Kier alpha value is -1.64. The Balaban J connectivity index is 2.55. The molecular formula is C11H10FNO. The Morgan fingerprint density at radius 1 is 1.43 bits per heavy atom. The van der Waals surface area contributed by atoms with Crippen molar-refractivity contribution < 1.29 is 9.18 Å². The molecule has 0 aliphatic heterocycles. The van der Waals surface area contributed by atoms with Gasteiger partial charge in [-0.1, -0.05) is 0 Å².